The molecule has 0 amide bonds. The van der Waals surface area contributed by atoms with Gasteiger partial charge in [0.1, 0.15) is 0 Å². The molecule has 2 atom stereocenters. The second kappa shape index (κ2) is 5.68. The SMILES string of the molecule is CCC1CCC(C)N1Cc1cc(Cl)c(N)c(Cl)c1. The molecule has 0 aliphatic carbocycles. The standard InChI is InChI=1S/C14H20Cl2N2/c1-3-11-5-4-9(2)18(11)8-10-6-12(15)14(17)13(16)7-10/h6-7,9,11H,3-5,8,17H2,1-2H3. The lowest BCUT2D eigenvalue weighted by atomic mass is 10.1. The van der Waals surface area contributed by atoms with E-state index in [2.05, 4.69) is 18.7 Å². The molecule has 0 radical (unpaired) electrons. The first kappa shape index (κ1) is 14.0. The van der Waals surface area contributed by atoms with Crippen molar-refractivity contribution >= 4 is 28.9 Å². The molecule has 2 nitrogen and oxygen atoms in total. The van der Waals surface area contributed by atoms with E-state index in [0.717, 1.165) is 12.1 Å². The van der Waals surface area contributed by atoms with Crippen molar-refractivity contribution in [3.8, 4) is 0 Å². The number of likely N-dealkylation sites (tertiary alicyclic amines) is 1. The Morgan fingerprint density at radius 1 is 1.28 bits per heavy atom. The third-order valence-corrected chi connectivity index (χ3v) is 4.55. The molecule has 4 heteroatoms. The minimum atomic E-state index is 0.476. The van der Waals surface area contributed by atoms with Gasteiger partial charge in [-0.1, -0.05) is 30.1 Å². The Morgan fingerprint density at radius 3 is 2.44 bits per heavy atom. The number of rotatable bonds is 3. The van der Waals surface area contributed by atoms with E-state index in [9.17, 15) is 0 Å². The summed E-state index contributed by atoms with van der Waals surface area (Å²) in [6.07, 6.45) is 3.75. The lowest BCUT2D eigenvalue weighted by molar-refractivity contribution is 0.189. The van der Waals surface area contributed by atoms with E-state index in [4.69, 9.17) is 28.9 Å². The summed E-state index contributed by atoms with van der Waals surface area (Å²) in [5.41, 5.74) is 7.38. The van der Waals surface area contributed by atoms with Crippen LogP contribution in [-0.4, -0.2) is 17.0 Å². The van der Waals surface area contributed by atoms with Crippen molar-refractivity contribution in [3.63, 3.8) is 0 Å². The highest BCUT2D eigenvalue weighted by atomic mass is 35.5. The first-order chi connectivity index (χ1) is 8.52. The smallest absolute Gasteiger partial charge is 0.0693 e. The number of hydrogen-bond acceptors (Lipinski definition) is 2. The van der Waals surface area contributed by atoms with Crippen LogP contribution < -0.4 is 5.73 Å². The van der Waals surface area contributed by atoms with E-state index in [-0.39, 0.29) is 0 Å². The van der Waals surface area contributed by atoms with Gasteiger partial charge in [0.25, 0.3) is 0 Å². The monoisotopic (exact) mass is 286 g/mol. The van der Waals surface area contributed by atoms with Gasteiger partial charge in [0.2, 0.25) is 0 Å². The summed E-state index contributed by atoms with van der Waals surface area (Å²) in [4.78, 5) is 2.54. The Kier molecular flexibility index (Phi) is 4.41. The molecule has 2 rings (SSSR count). The minimum Gasteiger partial charge on any atom is -0.396 e. The lowest BCUT2D eigenvalue weighted by Gasteiger charge is -2.28. The van der Waals surface area contributed by atoms with E-state index < -0.39 is 0 Å². The average molecular weight is 287 g/mol. The topological polar surface area (TPSA) is 29.3 Å². The zero-order chi connectivity index (χ0) is 13.3. The molecule has 2 N–H and O–H groups in total. The molecule has 1 aromatic carbocycles. The maximum Gasteiger partial charge on any atom is 0.0693 e. The van der Waals surface area contributed by atoms with Crippen molar-refractivity contribution in [2.75, 3.05) is 5.73 Å². The number of halogens is 2. The fourth-order valence-electron chi connectivity index (χ4n) is 2.79. The highest BCUT2D eigenvalue weighted by Gasteiger charge is 2.29. The van der Waals surface area contributed by atoms with Gasteiger partial charge < -0.3 is 5.73 Å². The lowest BCUT2D eigenvalue weighted by Crippen LogP contribution is -2.33. The number of nitrogen functional groups attached to an aromatic ring is 1. The second-order valence-electron chi connectivity index (χ2n) is 5.13. The Balaban J connectivity index is 2.18. The third-order valence-electron chi connectivity index (χ3n) is 3.93. The molecule has 1 heterocycles. The number of nitrogens with zero attached hydrogens (tertiary/aromatic N) is 1. The van der Waals surface area contributed by atoms with Crippen LogP contribution in [0.3, 0.4) is 0 Å². The molecular weight excluding hydrogens is 267 g/mol. The number of benzene rings is 1. The van der Waals surface area contributed by atoms with Gasteiger partial charge >= 0.3 is 0 Å². The molecule has 1 aliphatic heterocycles. The number of anilines is 1. The molecule has 18 heavy (non-hydrogen) atoms. The Morgan fingerprint density at radius 2 is 1.89 bits per heavy atom. The summed E-state index contributed by atoms with van der Waals surface area (Å²) < 4.78 is 0. The van der Waals surface area contributed by atoms with Crippen LogP contribution >= 0.6 is 23.2 Å². The molecule has 0 saturated carbocycles. The van der Waals surface area contributed by atoms with Crippen molar-refractivity contribution in [1.82, 2.24) is 4.90 Å². The zero-order valence-corrected chi connectivity index (χ0v) is 12.4. The van der Waals surface area contributed by atoms with Crippen LogP contribution in [0.2, 0.25) is 10.0 Å². The van der Waals surface area contributed by atoms with Crippen LogP contribution in [0.5, 0.6) is 0 Å². The molecule has 2 unspecified atom stereocenters. The van der Waals surface area contributed by atoms with Crippen molar-refractivity contribution < 1.29 is 0 Å². The van der Waals surface area contributed by atoms with Crippen LogP contribution in [0.25, 0.3) is 0 Å². The predicted octanol–water partition coefficient (Wildman–Crippen LogP) is 4.34. The number of hydrogen-bond donors (Lipinski definition) is 1. The van der Waals surface area contributed by atoms with Gasteiger partial charge in [0, 0.05) is 18.6 Å². The summed E-state index contributed by atoms with van der Waals surface area (Å²) in [7, 11) is 0. The van der Waals surface area contributed by atoms with Crippen molar-refractivity contribution in [2.45, 2.75) is 51.7 Å². The van der Waals surface area contributed by atoms with E-state index >= 15 is 0 Å². The Bertz CT molecular complexity index is 411. The fraction of sp³-hybridized carbons (Fsp3) is 0.571. The molecule has 1 fully saturated rings. The summed E-state index contributed by atoms with van der Waals surface area (Å²) >= 11 is 12.2. The van der Waals surface area contributed by atoms with Gasteiger partial charge in [-0.25, -0.2) is 0 Å². The van der Waals surface area contributed by atoms with Crippen LogP contribution in [0.15, 0.2) is 12.1 Å². The maximum absolute atomic E-state index is 6.08. The van der Waals surface area contributed by atoms with Gasteiger partial charge in [-0.2, -0.15) is 0 Å². The third kappa shape index (κ3) is 2.76. The van der Waals surface area contributed by atoms with Crippen LogP contribution in [-0.2, 0) is 6.54 Å². The molecule has 0 bridgehead atoms. The molecule has 0 aromatic heterocycles. The maximum atomic E-state index is 6.08. The molecule has 0 spiro atoms. The normalized spacial score (nSPS) is 24.7. The predicted molar refractivity (Wildman–Crippen MR) is 79.2 cm³/mol. The van der Waals surface area contributed by atoms with Crippen molar-refractivity contribution in [3.05, 3.63) is 27.7 Å². The molecule has 100 valence electrons. The van der Waals surface area contributed by atoms with Gasteiger partial charge in [-0.05, 0) is 43.9 Å². The first-order valence-corrected chi connectivity index (χ1v) is 7.27. The van der Waals surface area contributed by atoms with Crippen molar-refractivity contribution in [2.24, 2.45) is 0 Å². The fourth-order valence-corrected chi connectivity index (χ4v) is 3.32. The van der Waals surface area contributed by atoms with Crippen LogP contribution in [0.4, 0.5) is 5.69 Å². The molecule has 1 saturated heterocycles. The second-order valence-corrected chi connectivity index (χ2v) is 5.95. The first-order valence-electron chi connectivity index (χ1n) is 6.52. The molecule has 1 aromatic rings. The minimum absolute atomic E-state index is 0.476. The highest BCUT2D eigenvalue weighted by molar-refractivity contribution is 6.38. The Labute approximate surface area is 119 Å². The van der Waals surface area contributed by atoms with Gasteiger partial charge in [0.05, 0.1) is 15.7 Å². The zero-order valence-electron chi connectivity index (χ0n) is 10.9. The quantitative estimate of drug-likeness (QED) is 0.838. The van der Waals surface area contributed by atoms with Gasteiger partial charge in [-0.3, -0.25) is 4.90 Å². The van der Waals surface area contributed by atoms with E-state index in [1.165, 1.54) is 19.3 Å². The summed E-state index contributed by atoms with van der Waals surface area (Å²) in [5, 5.41) is 1.11. The largest absolute Gasteiger partial charge is 0.396 e. The summed E-state index contributed by atoms with van der Waals surface area (Å²) in [5.74, 6) is 0. The van der Waals surface area contributed by atoms with E-state index in [0.29, 0.717) is 27.8 Å². The van der Waals surface area contributed by atoms with Gasteiger partial charge in [0.15, 0.2) is 0 Å². The molecule has 1 aliphatic rings. The van der Waals surface area contributed by atoms with Crippen LogP contribution in [0, 0.1) is 0 Å². The average Bonchev–Trinajstić information content (AvgIpc) is 2.67. The van der Waals surface area contributed by atoms with Crippen LogP contribution in [0.1, 0.15) is 38.7 Å². The van der Waals surface area contributed by atoms with Gasteiger partial charge in [-0.15, -0.1) is 0 Å². The van der Waals surface area contributed by atoms with E-state index in [1.54, 1.807) is 0 Å². The highest BCUT2D eigenvalue weighted by Crippen LogP contribution is 2.32. The Hall–Kier alpha value is -0.440. The number of nitrogens with two attached hydrogens (primary N) is 1. The summed E-state index contributed by atoms with van der Waals surface area (Å²) in [6, 6.07) is 5.17. The summed E-state index contributed by atoms with van der Waals surface area (Å²) in [6.45, 7) is 5.44. The van der Waals surface area contributed by atoms with Crippen molar-refractivity contribution in [1.29, 1.82) is 0 Å². The van der Waals surface area contributed by atoms with E-state index in [1.807, 2.05) is 12.1 Å². The molecular formula is C14H20Cl2N2.